The van der Waals surface area contributed by atoms with Gasteiger partial charge < -0.3 is 8.75 Å². The molecule has 0 unspecified atom stereocenters. The summed E-state index contributed by atoms with van der Waals surface area (Å²) < 4.78 is 32.9. The first kappa shape index (κ1) is 21.9. The minimum Gasteiger partial charge on any atom is -0.378 e. The number of benzene rings is 1. The molecule has 28 heavy (non-hydrogen) atoms. The molecule has 0 fully saturated rings. The highest BCUT2D eigenvalue weighted by Crippen LogP contribution is 2.36. The molecule has 1 aromatic carbocycles. The van der Waals surface area contributed by atoms with Crippen LogP contribution < -0.4 is 15.4 Å². The molecule has 1 aromatic heterocycles. The van der Waals surface area contributed by atoms with Gasteiger partial charge in [0, 0.05) is 25.9 Å². The molecule has 8 heteroatoms. The van der Waals surface area contributed by atoms with E-state index >= 15 is 0 Å². The lowest BCUT2D eigenvalue weighted by atomic mass is 9.80. The van der Waals surface area contributed by atoms with Crippen LogP contribution >= 0.6 is 0 Å². The van der Waals surface area contributed by atoms with Crippen LogP contribution in [-0.4, -0.2) is 17.6 Å². The molecule has 0 aliphatic rings. The van der Waals surface area contributed by atoms with Crippen molar-refractivity contribution in [1.82, 2.24) is 9.13 Å². The Balaban J connectivity index is 2.65. The predicted molar refractivity (Wildman–Crippen MR) is 109 cm³/mol. The lowest BCUT2D eigenvalue weighted by Crippen LogP contribution is -2.40. The van der Waals surface area contributed by atoms with E-state index < -0.39 is 26.3 Å². The molecule has 0 radical (unpaired) electrons. The zero-order chi connectivity index (χ0) is 21.7. The van der Waals surface area contributed by atoms with Crippen molar-refractivity contribution in [3.8, 4) is 5.75 Å². The predicted octanol–water partition coefficient (Wildman–Crippen LogP) is 2.45. The molecule has 0 N–H and O–H groups in total. The summed E-state index contributed by atoms with van der Waals surface area (Å²) in [6, 6.07) is 5.37. The first-order valence-corrected chi connectivity index (χ1v) is 10.3. The molecule has 0 saturated heterocycles. The molecule has 0 bridgehead atoms. The smallest absolute Gasteiger partial charge is 0.346 e. The van der Waals surface area contributed by atoms with Crippen molar-refractivity contribution in [2.75, 3.05) is 0 Å². The maximum Gasteiger partial charge on any atom is 0.346 e. The molecule has 0 spiro atoms. The Labute approximate surface area is 165 Å². The van der Waals surface area contributed by atoms with Crippen LogP contribution in [0.5, 0.6) is 5.75 Å². The fourth-order valence-corrected chi connectivity index (χ4v) is 3.87. The van der Waals surface area contributed by atoms with Crippen LogP contribution in [-0.2, 0) is 35.0 Å². The molecule has 0 amide bonds. The Hall–Kier alpha value is -2.35. The Morgan fingerprint density at radius 2 is 1.50 bits per heavy atom. The van der Waals surface area contributed by atoms with Crippen LogP contribution in [0.1, 0.15) is 52.7 Å². The largest absolute Gasteiger partial charge is 0.378 e. The minimum atomic E-state index is -4.43. The first-order valence-electron chi connectivity index (χ1n) is 8.92. The molecule has 2 rings (SSSR count). The Kier molecular flexibility index (Phi) is 5.42. The third-order valence-electron chi connectivity index (χ3n) is 4.54. The molecular weight excluding hydrogens is 380 g/mol. The van der Waals surface area contributed by atoms with Gasteiger partial charge in [0.2, 0.25) is 0 Å². The van der Waals surface area contributed by atoms with Gasteiger partial charge in [-0.3, -0.25) is 9.36 Å². The zero-order valence-electron chi connectivity index (χ0n) is 17.7. The summed E-state index contributed by atoms with van der Waals surface area (Å²) in [5.41, 5.74) is -0.294. The molecular formula is C20H28N2O5S. The van der Waals surface area contributed by atoms with Crippen LogP contribution in [0.2, 0.25) is 0 Å². The number of aryl methyl sites for hydroxylation is 1. The van der Waals surface area contributed by atoms with Gasteiger partial charge in [-0.05, 0) is 22.5 Å². The standard InChI is InChI=1S/C20H28N2O5S/c1-19(2,3)13-9-10-15(14(11-13)20(4,5)6)27-28(25,26)16-12-21(7)18(24)22(8)17(16)23/h9-12H,1-8H3. The summed E-state index contributed by atoms with van der Waals surface area (Å²) in [6.07, 6.45) is 0.986. The monoisotopic (exact) mass is 408 g/mol. The number of aromatic nitrogens is 2. The number of nitrogens with zero attached hydrogens (tertiary/aromatic N) is 2. The summed E-state index contributed by atoms with van der Waals surface area (Å²) in [5, 5.41) is 0. The molecule has 0 saturated carbocycles. The van der Waals surface area contributed by atoms with E-state index in [2.05, 4.69) is 20.8 Å². The van der Waals surface area contributed by atoms with Crippen molar-refractivity contribution in [2.24, 2.45) is 14.1 Å². The number of hydrogen-bond donors (Lipinski definition) is 0. The van der Waals surface area contributed by atoms with Gasteiger partial charge in [0.05, 0.1) is 0 Å². The van der Waals surface area contributed by atoms with E-state index in [1.807, 2.05) is 32.9 Å². The van der Waals surface area contributed by atoms with Crippen molar-refractivity contribution in [3.05, 3.63) is 56.4 Å². The van der Waals surface area contributed by atoms with Crippen molar-refractivity contribution >= 4 is 10.1 Å². The Bertz CT molecular complexity index is 1130. The van der Waals surface area contributed by atoms with Crippen molar-refractivity contribution in [1.29, 1.82) is 0 Å². The van der Waals surface area contributed by atoms with Gasteiger partial charge in [-0.2, -0.15) is 8.42 Å². The van der Waals surface area contributed by atoms with E-state index in [1.54, 1.807) is 6.07 Å². The van der Waals surface area contributed by atoms with Crippen molar-refractivity contribution < 1.29 is 12.6 Å². The molecule has 1 heterocycles. The second-order valence-corrected chi connectivity index (χ2v) is 10.5. The van der Waals surface area contributed by atoms with Gasteiger partial charge in [-0.1, -0.05) is 53.7 Å². The van der Waals surface area contributed by atoms with E-state index in [1.165, 1.54) is 14.1 Å². The molecule has 154 valence electrons. The average Bonchev–Trinajstić information content (AvgIpc) is 2.54. The van der Waals surface area contributed by atoms with E-state index in [4.69, 9.17) is 4.18 Å². The lowest BCUT2D eigenvalue weighted by molar-refractivity contribution is 0.464. The normalized spacial score (nSPS) is 12.9. The average molecular weight is 409 g/mol. The van der Waals surface area contributed by atoms with Gasteiger partial charge in [0.25, 0.3) is 5.56 Å². The van der Waals surface area contributed by atoms with Crippen LogP contribution in [0, 0.1) is 0 Å². The van der Waals surface area contributed by atoms with Gasteiger partial charge in [0.1, 0.15) is 5.75 Å². The van der Waals surface area contributed by atoms with Crippen LogP contribution in [0.3, 0.4) is 0 Å². The topological polar surface area (TPSA) is 87.4 Å². The highest BCUT2D eigenvalue weighted by Gasteiger charge is 2.28. The maximum atomic E-state index is 12.8. The third-order valence-corrected chi connectivity index (χ3v) is 5.76. The quantitative estimate of drug-likeness (QED) is 0.728. The molecule has 7 nitrogen and oxygen atoms in total. The van der Waals surface area contributed by atoms with E-state index in [0.29, 0.717) is 5.56 Å². The highest BCUT2D eigenvalue weighted by molar-refractivity contribution is 7.87. The van der Waals surface area contributed by atoms with E-state index in [-0.39, 0.29) is 16.6 Å². The van der Waals surface area contributed by atoms with Crippen LogP contribution in [0.4, 0.5) is 0 Å². The van der Waals surface area contributed by atoms with Crippen LogP contribution in [0.25, 0.3) is 0 Å². The summed E-state index contributed by atoms with van der Waals surface area (Å²) in [6.45, 7) is 12.1. The van der Waals surface area contributed by atoms with Crippen molar-refractivity contribution in [3.63, 3.8) is 0 Å². The second kappa shape index (κ2) is 6.92. The second-order valence-electron chi connectivity index (χ2n) is 9.00. The van der Waals surface area contributed by atoms with Gasteiger partial charge in [-0.15, -0.1) is 0 Å². The van der Waals surface area contributed by atoms with Crippen molar-refractivity contribution in [2.45, 2.75) is 57.3 Å². The molecule has 2 aromatic rings. The zero-order valence-corrected chi connectivity index (χ0v) is 18.5. The molecule has 0 aliphatic carbocycles. The lowest BCUT2D eigenvalue weighted by Gasteiger charge is -2.27. The molecule has 0 atom stereocenters. The Morgan fingerprint density at radius 3 is 2.00 bits per heavy atom. The fraction of sp³-hybridized carbons (Fsp3) is 0.500. The van der Waals surface area contributed by atoms with E-state index in [9.17, 15) is 18.0 Å². The number of hydrogen-bond acceptors (Lipinski definition) is 5. The SMILES string of the molecule is Cn1cc(S(=O)(=O)Oc2ccc(C(C)(C)C)cc2C(C)(C)C)c(=O)n(C)c1=O. The summed E-state index contributed by atoms with van der Waals surface area (Å²) in [4.78, 5) is 23.6. The summed E-state index contributed by atoms with van der Waals surface area (Å²) >= 11 is 0. The minimum absolute atomic E-state index is 0.120. The van der Waals surface area contributed by atoms with Gasteiger partial charge in [0.15, 0.2) is 4.90 Å². The first-order chi connectivity index (χ1) is 12.6. The molecule has 0 aliphatic heterocycles. The highest BCUT2D eigenvalue weighted by atomic mass is 32.2. The van der Waals surface area contributed by atoms with Gasteiger partial charge in [-0.25, -0.2) is 4.79 Å². The fourth-order valence-electron chi connectivity index (χ4n) is 2.76. The summed E-state index contributed by atoms with van der Waals surface area (Å²) in [7, 11) is -1.83. The number of rotatable bonds is 3. The third kappa shape index (κ3) is 4.22. The Morgan fingerprint density at radius 1 is 0.929 bits per heavy atom. The summed E-state index contributed by atoms with van der Waals surface area (Å²) in [5.74, 6) is 0.163. The van der Waals surface area contributed by atoms with Crippen LogP contribution in [0.15, 0.2) is 38.9 Å². The van der Waals surface area contributed by atoms with E-state index in [0.717, 1.165) is 20.9 Å². The maximum absolute atomic E-state index is 12.8. The van der Waals surface area contributed by atoms with Gasteiger partial charge >= 0.3 is 15.8 Å².